The van der Waals surface area contributed by atoms with Crippen LogP contribution < -0.4 is 0 Å². The lowest BCUT2D eigenvalue weighted by Crippen LogP contribution is -2.52. The Kier molecular flexibility index (Phi) is 7.77. The van der Waals surface area contributed by atoms with E-state index in [1.54, 1.807) is 28.6 Å². The molecule has 0 atom stereocenters. The lowest BCUT2D eigenvalue weighted by atomic mass is 10.2. The summed E-state index contributed by atoms with van der Waals surface area (Å²) in [5.74, 6) is 0.801. The van der Waals surface area contributed by atoms with Gasteiger partial charge in [-0.3, -0.25) is 9.69 Å². The van der Waals surface area contributed by atoms with Crippen molar-refractivity contribution in [2.75, 3.05) is 32.7 Å². The molecule has 0 saturated carbocycles. The number of thiophene rings is 1. The van der Waals surface area contributed by atoms with Crippen LogP contribution in [0, 0.1) is 0 Å². The molecule has 33 heavy (non-hydrogen) atoms. The van der Waals surface area contributed by atoms with Crippen molar-refractivity contribution in [3.05, 3.63) is 87.8 Å². The zero-order valence-corrected chi connectivity index (χ0v) is 19.9. The summed E-state index contributed by atoms with van der Waals surface area (Å²) < 4.78 is 32.3. The van der Waals surface area contributed by atoms with Gasteiger partial charge in [-0.2, -0.15) is 4.31 Å². The van der Waals surface area contributed by atoms with Crippen LogP contribution in [0.2, 0.25) is 0 Å². The summed E-state index contributed by atoms with van der Waals surface area (Å²) in [5.41, 5.74) is 0.831. The van der Waals surface area contributed by atoms with E-state index in [4.69, 9.17) is 4.42 Å². The molecule has 0 spiro atoms. The number of amides is 1. The minimum Gasteiger partial charge on any atom is -0.468 e. The lowest BCUT2D eigenvalue weighted by Gasteiger charge is -2.34. The molecule has 0 unspecified atom stereocenters. The minimum absolute atomic E-state index is 0.00464. The first-order valence-electron chi connectivity index (χ1n) is 10.8. The second-order valence-electron chi connectivity index (χ2n) is 7.84. The van der Waals surface area contributed by atoms with Gasteiger partial charge in [-0.15, -0.1) is 11.3 Å². The Morgan fingerprint density at radius 1 is 1.00 bits per heavy atom. The SMILES string of the molecule is O=C(CN(Cc1ccco1)Cc1cccs1)N1CCN(S(=O)(=O)/C=C/c2ccccc2)CC1. The van der Waals surface area contributed by atoms with E-state index in [0.717, 1.165) is 11.3 Å². The van der Waals surface area contributed by atoms with E-state index in [1.165, 1.54) is 14.6 Å². The van der Waals surface area contributed by atoms with Crippen LogP contribution in [0.5, 0.6) is 0 Å². The van der Waals surface area contributed by atoms with Crippen molar-refractivity contribution in [3.8, 4) is 0 Å². The van der Waals surface area contributed by atoms with Crippen molar-refractivity contribution in [1.82, 2.24) is 14.1 Å². The van der Waals surface area contributed by atoms with Gasteiger partial charge in [0.2, 0.25) is 15.9 Å². The summed E-state index contributed by atoms with van der Waals surface area (Å²) in [6, 6.07) is 17.1. The standard InChI is InChI=1S/C24H27N3O4S2/c28-24(20-25(18-22-8-4-15-31-22)19-23-9-5-16-32-23)26-11-13-27(14-12-26)33(29,30)17-10-21-6-2-1-3-7-21/h1-10,15-17H,11-14,18-20H2/b17-10+. The third-order valence-electron chi connectivity index (χ3n) is 5.46. The lowest BCUT2D eigenvalue weighted by molar-refractivity contribution is -0.133. The fraction of sp³-hybridized carbons (Fsp3) is 0.292. The average Bonchev–Trinajstić information content (AvgIpc) is 3.53. The molecule has 3 heterocycles. The van der Waals surface area contributed by atoms with E-state index in [2.05, 4.69) is 11.0 Å². The van der Waals surface area contributed by atoms with E-state index < -0.39 is 10.0 Å². The molecule has 9 heteroatoms. The van der Waals surface area contributed by atoms with Crippen molar-refractivity contribution in [1.29, 1.82) is 0 Å². The first-order chi connectivity index (χ1) is 16.0. The number of hydrogen-bond acceptors (Lipinski definition) is 6. The molecular weight excluding hydrogens is 458 g/mol. The quantitative estimate of drug-likeness (QED) is 0.464. The summed E-state index contributed by atoms with van der Waals surface area (Å²) in [6.07, 6.45) is 3.23. The van der Waals surface area contributed by atoms with Crippen LogP contribution in [0.15, 0.2) is 76.1 Å². The van der Waals surface area contributed by atoms with Crippen molar-refractivity contribution in [2.24, 2.45) is 0 Å². The summed E-state index contributed by atoms with van der Waals surface area (Å²) in [7, 11) is -3.53. The molecule has 4 rings (SSSR count). The van der Waals surface area contributed by atoms with Gasteiger partial charge in [0, 0.05) is 43.0 Å². The normalized spacial score (nSPS) is 15.5. The number of sulfonamides is 1. The molecule has 1 aliphatic rings. The number of carbonyl (C=O) groups is 1. The maximum atomic E-state index is 13.0. The largest absolute Gasteiger partial charge is 0.468 e. The predicted molar refractivity (Wildman–Crippen MR) is 130 cm³/mol. The third-order valence-corrected chi connectivity index (χ3v) is 7.89. The van der Waals surface area contributed by atoms with Gasteiger partial charge in [0.1, 0.15) is 5.76 Å². The molecule has 2 aromatic heterocycles. The minimum atomic E-state index is -3.53. The maximum absolute atomic E-state index is 13.0. The summed E-state index contributed by atoms with van der Waals surface area (Å²) >= 11 is 1.66. The Morgan fingerprint density at radius 3 is 2.45 bits per heavy atom. The summed E-state index contributed by atoms with van der Waals surface area (Å²) in [4.78, 5) is 18.0. The van der Waals surface area contributed by atoms with Crippen LogP contribution in [0.3, 0.4) is 0 Å². The highest BCUT2D eigenvalue weighted by molar-refractivity contribution is 7.92. The Labute approximate surface area is 198 Å². The summed E-state index contributed by atoms with van der Waals surface area (Å²) in [6.45, 7) is 2.78. The van der Waals surface area contributed by atoms with E-state index in [9.17, 15) is 13.2 Å². The second kappa shape index (κ2) is 10.9. The van der Waals surface area contributed by atoms with E-state index >= 15 is 0 Å². The van der Waals surface area contributed by atoms with Crippen LogP contribution in [0.25, 0.3) is 6.08 Å². The Balaban J connectivity index is 1.33. The Morgan fingerprint density at radius 2 is 1.79 bits per heavy atom. The van der Waals surface area contributed by atoms with Crippen molar-refractivity contribution in [2.45, 2.75) is 13.1 Å². The van der Waals surface area contributed by atoms with Crippen LogP contribution in [0.4, 0.5) is 0 Å². The molecule has 1 aliphatic heterocycles. The van der Waals surface area contributed by atoms with Crippen molar-refractivity contribution < 1.29 is 17.6 Å². The maximum Gasteiger partial charge on any atom is 0.236 e. The topological polar surface area (TPSA) is 74.1 Å². The smallest absolute Gasteiger partial charge is 0.236 e. The number of piperazine rings is 1. The number of carbonyl (C=O) groups excluding carboxylic acids is 1. The molecule has 1 saturated heterocycles. The third kappa shape index (κ3) is 6.64. The van der Waals surface area contributed by atoms with Gasteiger partial charge in [0.25, 0.3) is 0 Å². The highest BCUT2D eigenvalue weighted by Gasteiger charge is 2.28. The van der Waals surface area contributed by atoms with Gasteiger partial charge >= 0.3 is 0 Å². The van der Waals surface area contributed by atoms with Gasteiger partial charge in [0.15, 0.2) is 0 Å². The molecule has 3 aromatic rings. The molecule has 0 N–H and O–H groups in total. The zero-order valence-electron chi connectivity index (χ0n) is 18.2. The molecule has 1 amide bonds. The van der Waals surface area contributed by atoms with Crippen molar-refractivity contribution in [3.63, 3.8) is 0 Å². The van der Waals surface area contributed by atoms with Crippen LogP contribution in [0.1, 0.15) is 16.2 Å². The van der Waals surface area contributed by atoms with Crippen molar-refractivity contribution >= 4 is 33.3 Å². The van der Waals surface area contributed by atoms with Gasteiger partial charge in [-0.1, -0.05) is 36.4 Å². The molecule has 0 aliphatic carbocycles. The molecule has 174 valence electrons. The molecule has 7 nitrogen and oxygen atoms in total. The first kappa shape index (κ1) is 23.4. The Bertz CT molecular complexity index is 1100. The molecule has 0 radical (unpaired) electrons. The average molecular weight is 486 g/mol. The van der Waals surface area contributed by atoms with E-state index in [-0.39, 0.29) is 25.5 Å². The highest BCUT2D eigenvalue weighted by Crippen LogP contribution is 2.16. The predicted octanol–water partition coefficient (Wildman–Crippen LogP) is 3.49. The zero-order chi connectivity index (χ0) is 23.1. The number of furan rings is 1. The fourth-order valence-electron chi connectivity index (χ4n) is 3.71. The molecule has 1 fully saturated rings. The van der Waals surface area contributed by atoms with E-state index in [0.29, 0.717) is 26.2 Å². The van der Waals surface area contributed by atoms with Gasteiger partial charge < -0.3 is 9.32 Å². The molecule has 0 bridgehead atoms. The van der Waals surface area contributed by atoms with Crippen LogP contribution in [-0.2, 0) is 27.9 Å². The summed E-state index contributed by atoms with van der Waals surface area (Å²) in [5, 5.41) is 3.26. The number of rotatable bonds is 9. The first-order valence-corrected chi connectivity index (χ1v) is 13.2. The highest BCUT2D eigenvalue weighted by atomic mass is 32.2. The number of nitrogens with zero attached hydrogens (tertiary/aromatic N) is 3. The number of benzene rings is 1. The fourth-order valence-corrected chi connectivity index (χ4v) is 5.63. The van der Waals surface area contributed by atoms with Gasteiger partial charge in [0.05, 0.1) is 19.4 Å². The van der Waals surface area contributed by atoms with Crippen LogP contribution >= 0.6 is 11.3 Å². The monoisotopic (exact) mass is 485 g/mol. The van der Waals surface area contributed by atoms with E-state index in [1.807, 2.05) is 53.9 Å². The number of hydrogen-bond donors (Lipinski definition) is 0. The second-order valence-corrected chi connectivity index (χ2v) is 10.7. The molecular formula is C24H27N3O4S2. The van der Waals surface area contributed by atoms with Gasteiger partial charge in [-0.05, 0) is 35.2 Å². The van der Waals surface area contributed by atoms with Crippen LogP contribution in [-0.4, -0.2) is 61.2 Å². The van der Waals surface area contributed by atoms with Gasteiger partial charge in [-0.25, -0.2) is 8.42 Å². The molecule has 1 aromatic carbocycles. The Hall–Kier alpha value is -2.72.